The molecule has 1 atom stereocenters. The summed E-state index contributed by atoms with van der Waals surface area (Å²) in [4.78, 5) is 39.0. The molecule has 2 aliphatic rings. The molecule has 2 aromatic carbocycles. The van der Waals surface area contributed by atoms with Crippen LogP contribution in [0.15, 0.2) is 59.5 Å². The molecule has 33 heavy (non-hydrogen) atoms. The molecule has 0 aliphatic carbocycles. The van der Waals surface area contributed by atoms with E-state index in [4.69, 9.17) is 0 Å². The first-order chi connectivity index (χ1) is 15.7. The van der Waals surface area contributed by atoms with Crippen molar-refractivity contribution in [2.75, 3.05) is 25.0 Å². The molecule has 2 heterocycles. The Labute approximate surface area is 192 Å². The van der Waals surface area contributed by atoms with E-state index in [-0.39, 0.29) is 10.6 Å². The fraction of sp³-hybridized carbons (Fsp3) is 0.348. The Hall–Kier alpha value is -3.24. The van der Waals surface area contributed by atoms with Gasteiger partial charge in [0, 0.05) is 18.8 Å². The molecular formula is C23H26N4O5S. The van der Waals surface area contributed by atoms with Crippen molar-refractivity contribution >= 4 is 33.6 Å². The number of carbonyl (C=O) groups is 3. The summed E-state index contributed by atoms with van der Waals surface area (Å²) in [5.74, 6) is -1.14. The number of rotatable bonds is 6. The first-order valence-corrected chi connectivity index (χ1v) is 12.3. The summed E-state index contributed by atoms with van der Waals surface area (Å²) in [6.07, 6.45) is 2.65. The normalized spacial score (nSPS) is 21.7. The largest absolute Gasteiger partial charge is 0.325 e. The van der Waals surface area contributed by atoms with E-state index in [1.54, 1.807) is 49.4 Å². The van der Waals surface area contributed by atoms with Crippen LogP contribution in [0.5, 0.6) is 0 Å². The van der Waals surface area contributed by atoms with Crippen molar-refractivity contribution < 1.29 is 22.8 Å². The molecule has 1 unspecified atom stereocenters. The number of nitrogens with zero attached hydrogens (tertiary/aromatic N) is 2. The fourth-order valence-corrected chi connectivity index (χ4v) is 5.70. The summed E-state index contributed by atoms with van der Waals surface area (Å²) < 4.78 is 27.3. The molecule has 2 fully saturated rings. The van der Waals surface area contributed by atoms with Gasteiger partial charge >= 0.3 is 6.03 Å². The molecule has 0 saturated carbocycles. The van der Waals surface area contributed by atoms with Gasteiger partial charge in [-0.3, -0.25) is 14.5 Å². The fourth-order valence-electron chi connectivity index (χ4n) is 4.14. The van der Waals surface area contributed by atoms with E-state index in [2.05, 4.69) is 10.6 Å². The van der Waals surface area contributed by atoms with Crippen molar-refractivity contribution in [2.45, 2.75) is 36.6 Å². The maximum Gasteiger partial charge on any atom is 0.325 e. The van der Waals surface area contributed by atoms with Crippen LogP contribution in [0.25, 0.3) is 0 Å². The number of nitrogens with one attached hydrogen (secondary N) is 2. The minimum absolute atomic E-state index is 0.0915. The van der Waals surface area contributed by atoms with Crippen LogP contribution in [0.4, 0.5) is 10.5 Å². The van der Waals surface area contributed by atoms with Gasteiger partial charge in [0.25, 0.3) is 5.91 Å². The van der Waals surface area contributed by atoms with E-state index >= 15 is 0 Å². The quantitative estimate of drug-likeness (QED) is 0.629. The van der Waals surface area contributed by atoms with E-state index in [1.165, 1.54) is 16.4 Å². The highest BCUT2D eigenvalue weighted by Gasteiger charge is 2.49. The van der Waals surface area contributed by atoms with E-state index in [1.807, 2.05) is 0 Å². The van der Waals surface area contributed by atoms with Gasteiger partial charge in [0.05, 0.1) is 4.90 Å². The molecule has 2 N–H and O–H groups in total. The van der Waals surface area contributed by atoms with Gasteiger partial charge < -0.3 is 10.6 Å². The van der Waals surface area contributed by atoms with Gasteiger partial charge in [0.15, 0.2) is 0 Å². The van der Waals surface area contributed by atoms with Crippen LogP contribution in [0.2, 0.25) is 0 Å². The maximum atomic E-state index is 13.0. The highest BCUT2D eigenvalue weighted by molar-refractivity contribution is 7.89. The second-order valence-corrected chi connectivity index (χ2v) is 10.3. The summed E-state index contributed by atoms with van der Waals surface area (Å²) in [6, 6.07) is 14.1. The van der Waals surface area contributed by atoms with Crippen LogP contribution < -0.4 is 10.6 Å². The van der Waals surface area contributed by atoms with E-state index < -0.39 is 40.0 Å². The number of piperidine rings is 1. The van der Waals surface area contributed by atoms with Crippen LogP contribution in [-0.4, -0.2) is 55.1 Å². The van der Waals surface area contributed by atoms with Crippen molar-refractivity contribution in [3.8, 4) is 0 Å². The molecule has 2 aromatic rings. The monoisotopic (exact) mass is 470 g/mol. The predicted octanol–water partition coefficient (Wildman–Crippen LogP) is 2.27. The van der Waals surface area contributed by atoms with Crippen LogP contribution in [-0.2, 0) is 25.2 Å². The van der Waals surface area contributed by atoms with Gasteiger partial charge in [-0.15, -0.1) is 0 Å². The number of urea groups is 1. The number of anilines is 1. The average Bonchev–Trinajstić information content (AvgIpc) is 3.04. The maximum absolute atomic E-state index is 13.0. The molecule has 174 valence electrons. The Morgan fingerprint density at radius 3 is 2.42 bits per heavy atom. The summed E-state index contributed by atoms with van der Waals surface area (Å²) in [6.45, 7) is 2.06. The van der Waals surface area contributed by atoms with Gasteiger partial charge in [0.2, 0.25) is 15.9 Å². The molecule has 2 saturated heterocycles. The number of sulfonamides is 1. The van der Waals surface area contributed by atoms with Gasteiger partial charge in [-0.2, -0.15) is 4.31 Å². The number of amides is 4. The summed E-state index contributed by atoms with van der Waals surface area (Å²) in [7, 11) is -3.65. The zero-order chi connectivity index (χ0) is 23.6. The molecule has 4 amide bonds. The Morgan fingerprint density at radius 1 is 1.03 bits per heavy atom. The van der Waals surface area contributed by atoms with Gasteiger partial charge in [0.1, 0.15) is 12.1 Å². The Morgan fingerprint density at radius 2 is 1.73 bits per heavy atom. The lowest BCUT2D eigenvalue weighted by Gasteiger charge is -2.26. The van der Waals surface area contributed by atoms with Crippen LogP contribution in [0.3, 0.4) is 0 Å². The molecule has 4 rings (SSSR count). The van der Waals surface area contributed by atoms with E-state index in [0.29, 0.717) is 18.7 Å². The predicted molar refractivity (Wildman–Crippen MR) is 122 cm³/mol. The minimum Gasteiger partial charge on any atom is -0.324 e. The second-order valence-electron chi connectivity index (χ2n) is 8.35. The van der Waals surface area contributed by atoms with Gasteiger partial charge in [-0.05, 0) is 43.5 Å². The highest BCUT2D eigenvalue weighted by Crippen LogP contribution is 2.28. The lowest BCUT2D eigenvalue weighted by molar-refractivity contribution is -0.133. The Kier molecular flexibility index (Phi) is 6.22. The molecule has 0 spiro atoms. The van der Waals surface area contributed by atoms with Crippen LogP contribution >= 0.6 is 0 Å². The van der Waals surface area contributed by atoms with Gasteiger partial charge in [-0.1, -0.05) is 42.8 Å². The van der Waals surface area contributed by atoms with Crippen molar-refractivity contribution in [3.63, 3.8) is 0 Å². The van der Waals surface area contributed by atoms with Crippen molar-refractivity contribution in [3.05, 3.63) is 60.2 Å². The number of hydrogen-bond acceptors (Lipinski definition) is 5. The molecule has 10 heteroatoms. The third-order valence-electron chi connectivity index (χ3n) is 6.00. The molecule has 0 radical (unpaired) electrons. The summed E-state index contributed by atoms with van der Waals surface area (Å²) >= 11 is 0. The SMILES string of the molecule is CC1(c2ccccc2)NC(=O)N(CC(=O)Nc2cccc(S(=O)(=O)N3CCCCC3)c2)C1=O. The lowest BCUT2D eigenvalue weighted by Crippen LogP contribution is -2.42. The third-order valence-corrected chi connectivity index (χ3v) is 7.89. The second kappa shape index (κ2) is 8.95. The zero-order valence-corrected chi connectivity index (χ0v) is 19.1. The van der Waals surface area contributed by atoms with Gasteiger partial charge in [-0.25, -0.2) is 13.2 Å². The topological polar surface area (TPSA) is 116 Å². The number of hydrogen-bond donors (Lipinski definition) is 2. The first kappa shape index (κ1) is 22.9. The summed E-state index contributed by atoms with van der Waals surface area (Å²) in [5, 5.41) is 5.25. The standard InChI is InChI=1S/C23H26N4O5S/c1-23(17-9-4-2-5-10-17)21(29)27(22(30)25-23)16-20(28)24-18-11-8-12-19(15-18)33(31,32)26-13-6-3-7-14-26/h2,4-5,8-12,15H,3,6-7,13-14,16H2,1H3,(H,24,28)(H,25,30). The average molecular weight is 471 g/mol. The van der Waals surface area contributed by atoms with Crippen molar-refractivity contribution in [2.24, 2.45) is 0 Å². The van der Waals surface area contributed by atoms with E-state index in [9.17, 15) is 22.8 Å². The molecule has 0 bridgehead atoms. The van der Waals surface area contributed by atoms with E-state index in [0.717, 1.165) is 24.2 Å². The first-order valence-electron chi connectivity index (χ1n) is 10.8. The smallest absolute Gasteiger partial charge is 0.324 e. The zero-order valence-electron chi connectivity index (χ0n) is 18.3. The summed E-state index contributed by atoms with van der Waals surface area (Å²) in [5.41, 5.74) is -0.376. The highest BCUT2D eigenvalue weighted by atomic mass is 32.2. The van der Waals surface area contributed by atoms with Crippen molar-refractivity contribution in [1.82, 2.24) is 14.5 Å². The van der Waals surface area contributed by atoms with Crippen LogP contribution in [0.1, 0.15) is 31.7 Å². The molecule has 0 aromatic heterocycles. The van der Waals surface area contributed by atoms with Crippen molar-refractivity contribution in [1.29, 1.82) is 0 Å². The molecule has 9 nitrogen and oxygen atoms in total. The molecule has 2 aliphatic heterocycles. The molecular weight excluding hydrogens is 444 g/mol. The van der Waals surface area contributed by atoms with Crippen LogP contribution in [0, 0.1) is 0 Å². The number of benzene rings is 2. The Balaban J connectivity index is 1.46. The third kappa shape index (κ3) is 4.49. The Bertz CT molecular complexity index is 1180. The lowest BCUT2D eigenvalue weighted by atomic mass is 9.92. The number of imide groups is 1. The number of carbonyl (C=O) groups excluding carboxylic acids is 3. The minimum atomic E-state index is -3.65.